The Morgan fingerprint density at radius 3 is 2.46 bits per heavy atom. The Hall–Kier alpha value is -0.560. The molecule has 5 nitrogen and oxygen atoms in total. The van der Waals surface area contributed by atoms with Crippen molar-refractivity contribution in [1.29, 1.82) is 0 Å². The van der Waals surface area contributed by atoms with Crippen LogP contribution in [0.25, 0.3) is 0 Å². The van der Waals surface area contributed by atoms with Crippen LogP contribution in [0.4, 0.5) is 0 Å². The predicted octanol–water partition coefficient (Wildman–Crippen LogP) is 2.92. The summed E-state index contributed by atoms with van der Waals surface area (Å²) < 4.78 is 5.34. The number of nitrogens with one attached hydrogen (secondary N) is 2. The van der Waals surface area contributed by atoms with Crippen LogP contribution in [0.1, 0.15) is 24.4 Å². The van der Waals surface area contributed by atoms with Crippen molar-refractivity contribution in [1.82, 2.24) is 15.5 Å². The molecular formula is C18H30Cl3N3O2. The zero-order valence-electron chi connectivity index (χ0n) is 15.6. The van der Waals surface area contributed by atoms with Crippen LogP contribution in [0.5, 0.6) is 0 Å². The van der Waals surface area contributed by atoms with Gasteiger partial charge in [-0.1, -0.05) is 29.8 Å². The Balaban J connectivity index is 0.00000312. The monoisotopic (exact) mass is 425 g/mol. The minimum Gasteiger partial charge on any atom is -0.384 e. The van der Waals surface area contributed by atoms with Gasteiger partial charge in [0.25, 0.3) is 0 Å². The molecule has 0 aliphatic carbocycles. The second kappa shape index (κ2) is 12.0. The van der Waals surface area contributed by atoms with Crippen molar-refractivity contribution >= 4 is 42.3 Å². The molecular weight excluding hydrogens is 397 g/mol. The van der Waals surface area contributed by atoms with Crippen molar-refractivity contribution in [2.45, 2.75) is 18.9 Å². The van der Waals surface area contributed by atoms with Crippen molar-refractivity contribution in [3.05, 3.63) is 34.9 Å². The lowest BCUT2D eigenvalue weighted by Gasteiger charge is -2.36. The number of methoxy groups -OCH3 is 1. The largest absolute Gasteiger partial charge is 0.384 e. The average molecular weight is 427 g/mol. The lowest BCUT2D eigenvalue weighted by molar-refractivity contribution is -0.136. The first kappa shape index (κ1) is 25.4. The van der Waals surface area contributed by atoms with E-state index in [1.165, 1.54) is 0 Å². The second-order valence-electron chi connectivity index (χ2n) is 6.67. The summed E-state index contributed by atoms with van der Waals surface area (Å²) >= 11 is 6.34. The highest BCUT2D eigenvalue weighted by atomic mass is 35.5. The van der Waals surface area contributed by atoms with E-state index in [2.05, 4.69) is 15.5 Å². The van der Waals surface area contributed by atoms with Gasteiger partial charge in [-0.25, -0.2) is 0 Å². The van der Waals surface area contributed by atoms with Gasteiger partial charge in [-0.2, -0.15) is 0 Å². The van der Waals surface area contributed by atoms with Crippen LogP contribution in [-0.4, -0.2) is 58.3 Å². The van der Waals surface area contributed by atoms with Crippen molar-refractivity contribution in [3.8, 4) is 0 Å². The van der Waals surface area contributed by atoms with Crippen LogP contribution >= 0.6 is 36.4 Å². The number of carbonyl (C=O) groups is 1. The maximum absolute atomic E-state index is 12.9. The molecule has 8 heteroatoms. The lowest BCUT2D eigenvalue weighted by Crippen LogP contribution is -2.51. The van der Waals surface area contributed by atoms with Gasteiger partial charge < -0.3 is 20.3 Å². The van der Waals surface area contributed by atoms with E-state index in [-0.39, 0.29) is 36.8 Å². The number of carbonyl (C=O) groups excluding carboxylic acids is 1. The number of amides is 1. The number of nitrogens with zero attached hydrogens (tertiary/aromatic N) is 1. The fourth-order valence-corrected chi connectivity index (χ4v) is 3.57. The first-order valence-electron chi connectivity index (χ1n) is 8.39. The molecule has 1 aromatic carbocycles. The standard InChI is InChI=1S/C18H28ClN3O2.2ClH/c1-22(2)16(14-6-4-5-7-15(14)19)12-21-17(23)18(13-24-3)8-10-20-11-9-18;;/h4-7,16,20H,8-13H2,1-3H3,(H,21,23);2*1H. The SMILES string of the molecule is COCC1(C(=O)NCC(c2ccccc2Cl)N(C)C)CCNCC1.Cl.Cl. The second-order valence-corrected chi connectivity index (χ2v) is 7.08. The number of hydrogen-bond donors (Lipinski definition) is 2. The smallest absolute Gasteiger partial charge is 0.228 e. The number of halogens is 3. The fourth-order valence-electron chi connectivity index (χ4n) is 3.31. The Morgan fingerprint density at radius 1 is 1.31 bits per heavy atom. The highest BCUT2D eigenvalue weighted by Crippen LogP contribution is 2.30. The molecule has 1 amide bonds. The van der Waals surface area contributed by atoms with Crippen LogP contribution < -0.4 is 10.6 Å². The molecule has 1 saturated heterocycles. The number of hydrogen-bond acceptors (Lipinski definition) is 4. The van der Waals surface area contributed by atoms with Gasteiger partial charge in [-0.05, 0) is 51.7 Å². The normalized spacial score (nSPS) is 17.0. The molecule has 0 spiro atoms. The Kier molecular flexibility index (Phi) is 11.7. The Bertz CT molecular complexity index is 547. The maximum Gasteiger partial charge on any atom is 0.228 e. The van der Waals surface area contributed by atoms with E-state index in [1.54, 1.807) is 7.11 Å². The molecule has 2 rings (SSSR count). The van der Waals surface area contributed by atoms with Gasteiger partial charge >= 0.3 is 0 Å². The third-order valence-corrected chi connectivity index (χ3v) is 5.15. The van der Waals surface area contributed by atoms with E-state index in [0.717, 1.165) is 36.5 Å². The van der Waals surface area contributed by atoms with E-state index in [1.807, 2.05) is 38.4 Å². The lowest BCUT2D eigenvalue weighted by atomic mass is 9.78. The molecule has 1 heterocycles. The topological polar surface area (TPSA) is 53.6 Å². The number of likely N-dealkylation sites (N-methyl/N-ethyl adjacent to an activating group) is 1. The van der Waals surface area contributed by atoms with Crippen molar-refractivity contribution < 1.29 is 9.53 Å². The number of rotatable bonds is 7. The molecule has 150 valence electrons. The molecule has 1 aromatic rings. The fraction of sp³-hybridized carbons (Fsp3) is 0.611. The molecule has 26 heavy (non-hydrogen) atoms. The minimum absolute atomic E-state index is 0. The van der Waals surface area contributed by atoms with Crippen molar-refractivity contribution in [2.75, 3.05) is 47.4 Å². The summed E-state index contributed by atoms with van der Waals surface area (Å²) in [5.41, 5.74) is 0.590. The Morgan fingerprint density at radius 2 is 1.92 bits per heavy atom. The van der Waals surface area contributed by atoms with E-state index < -0.39 is 5.41 Å². The third-order valence-electron chi connectivity index (χ3n) is 4.81. The summed E-state index contributed by atoms with van der Waals surface area (Å²) in [6.07, 6.45) is 1.59. The number of ether oxygens (including phenoxy) is 1. The van der Waals surface area contributed by atoms with E-state index in [4.69, 9.17) is 16.3 Å². The zero-order valence-corrected chi connectivity index (χ0v) is 18.0. The van der Waals surface area contributed by atoms with Crippen LogP contribution in [0.2, 0.25) is 5.02 Å². The van der Waals surface area contributed by atoms with Crippen molar-refractivity contribution in [2.24, 2.45) is 5.41 Å². The summed E-state index contributed by atoms with van der Waals surface area (Å²) in [7, 11) is 5.65. The van der Waals surface area contributed by atoms with Gasteiger partial charge in [0, 0.05) is 18.7 Å². The van der Waals surface area contributed by atoms with Gasteiger partial charge in [0.1, 0.15) is 0 Å². The summed E-state index contributed by atoms with van der Waals surface area (Å²) in [6.45, 7) is 2.67. The summed E-state index contributed by atoms with van der Waals surface area (Å²) in [5, 5.41) is 7.17. The van der Waals surface area contributed by atoms with E-state index >= 15 is 0 Å². The summed E-state index contributed by atoms with van der Waals surface area (Å²) in [4.78, 5) is 15.0. The molecule has 1 unspecified atom stereocenters. The van der Waals surface area contributed by atoms with Crippen LogP contribution in [0.3, 0.4) is 0 Å². The molecule has 0 aromatic heterocycles. The van der Waals surface area contributed by atoms with Gasteiger partial charge in [0.2, 0.25) is 5.91 Å². The third kappa shape index (κ3) is 6.25. The predicted molar refractivity (Wildman–Crippen MR) is 112 cm³/mol. The molecule has 2 N–H and O–H groups in total. The van der Waals surface area contributed by atoms with Gasteiger partial charge in [0.15, 0.2) is 0 Å². The molecule has 1 atom stereocenters. The van der Waals surface area contributed by atoms with Crippen molar-refractivity contribution in [3.63, 3.8) is 0 Å². The maximum atomic E-state index is 12.9. The first-order valence-corrected chi connectivity index (χ1v) is 8.77. The summed E-state index contributed by atoms with van der Waals surface area (Å²) in [6, 6.07) is 7.81. The highest BCUT2D eigenvalue weighted by molar-refractivity contribution is 6.31. The molecule has 0 radical (unpaired) electrons. The van der Waals surface area contributed by atoms with E-state index in [0.29, 0.717) is 13.2 Å². The van der Waals surface area contributed by atoms with Crippen LogP contribution in [0.15, 0.2) is 24.3 Å². The Labute approximate surface area is 174 Å². The van der Waals surface area contributed by atoms with Gasteiger partial charge in [-0.3, -0.25) is 4.79 Å². The average Bonchev–Trinajstić information content (AvgIpc) is 2.57. The molecule has 1 aliphatic heterocycles. The molecule has 1 aliphatic rings. The number of piperidine rings is 1. The zero-order chi connectivity index (χ0) is 17.6. The van der Waals surface area contributed by atoms with Crippen LogP contribution in [-0.2, 0) is 9.53 Å². The number of benzene rings is 1. The first-order chi connectivity index (χ1) is 11.5. The molecule has 0 saturated carbocycles. The van der Waals surface area contributed by atoms with E-state index in [9.17, 15) is 4.79 Å². The van der Waals surface area contributed by atoms with Crippen LogP contribution in [0, 0.1) is 5.41 Å². The molecule has 0 bridgehead atoms. The summed E-state index contributed by atoms with van der Waals surface area (Å²) in [5.74, 6) is 0.0738. The van der Waals surface area contributed by atoms with Gasteiger partial charge in [0.05, 0.1) is 18.1 Å². The molecule has 1 fully saturated rings. The minimum atomic E-state index is -0.433. The highest BCUT2D eigenvalue weighted by Gasteiger charge is 2.39. The quantitative estimate of drug-likeness (QED) is 0.704. The van der Waals surface area contributed by atoms with Gasteiger partial charge in [-0.15, -0.1) is 24.8 Å².